The molecule has 5 nitrogen and oxygen atoms in total. The molecule has 2 aromatic carbocycles. The number of fused-ring (bicyclic) bond motifs is 3. The topological polar surface area (TPSA) is 61.8 Å². The summed E-state index contributed by atoms with van der Waals surface area (Å²) in [4.78, 5) is 24.8. The molecule has 2 aromatic rings. The van der Waals surface area contributed by atoms with Gasteiger partial charge in [0.1, 0.15) is 23.2 Å². The first-order chi connectivity index (χ1) is 13.4. The highest BCUT2D eigenvalue weighted by molar-refractivity contribution is 5.94. The maximum Gasteiger partial charge on any atom is 0.347 e. The second-order valence-corrected chi connectivity index (χ2v) is 7.29. The van der Waals surface area contributed by atoms with Gasteiger partial charge in [0.15, 0.2) is 0 Å². The van der Waals surface area contributed by atoms with Crippen molar-refractivity contribution in [1.82, 2.24) is 0 Å². The van der Waals surface area contributed by atoms with Crippen molar-refractivity contribution < 1.29 is 23.8 Å². The number of rotatable bonds is 3. The van der Waals surface area contributed by atoms with E-state index in [4.69, 9.17) is 14.2 Å². The quantitative estimate of drug-likeness (QED) is 0.454. The first-order valence-electron chi connectivity index (χ1n) is 9.30. The third-order valence-electron chi connectivity index (χ3n) is 5.75. The molecule has 0 spiro atoms. The van der Waals surface area contributed by atoms with Gasteiger partial charge in [0.25, 0.3) is 0 Å². The van der Waals surface area contributed by atoms with Gasteiger partial charge in [0.2, 0.25) is 0 Å². The smallest absolute Gasteiger partial charge is 0.347 e. The zero-order chi connectivity index (χ0) is 20.0. The summed E-state index contributed by atoms with van der Waals surface area (Å²) in [6.07, 6.45) is 1.33. The van der Waals surface area contributed by atoms with Crippen LogP contribution >= 0.6 is 0 Å². The number of esters is 2. The van der Waals surface area contributed by atoms with Crippen LogP contribution in [0.4, 0.5) is 0 Å². The molecule has 0 amide bonds. The third-order valence-corrected chi connectivity index (χ3v) is 5.75. The van der Waals surface area contributed by atoms with Crippen LogP contribution in [0.5, 0.6) is 11.5 Å². The van der Waals surface area contributed by atoms with Crippen LogP contribution in [0.2, 0.25) is 0 Å². The van der Waals surface area contributed by atoms with Crippen LogP contribution in [0.25, 0.3) is 0 Å². The van der Waals surface area contributed by atoms with Crippen molar-refractivity contribution in [3.05, 3.63) is 70.3 Å². The summed E-state index contributed by atoms with van der Waals surface area (Å²) in [6.45, 7) is 7.79. The lowest BCUT2D eigenvalue weighted by Crippen LogP contribution is -2.21. The van der Waals surface area contributed by atoms with E-state index in [1.54, 1.807) is 24.3 Å². The summed E-state index contributed by atoms with van der Waals surface area (Å²) in [5.74, 6) is 0.0944. The molecule has 5 heteroatoms. The van der Waals surface area contributed by atoms with Gasteiger partial charge in [-0.2, -0.15) is 0 Å². The molecule has 0 saturated carbocycles. The van der Waals surface area contributed by atoms with Crippen LogP contribution in [0.3, 0.4) is 0 Å². The van der Waals surface area contributed by atoms with E-state index in [1.807, 2.05) is 19.9 Å². The molecule has 2 atom stereocenters. The minimum atomic E-state index is -0.486. The van der Waals surface area contributed by atoms with Crippen LogP contribution in [0.15, 0.2) is 42.5 Å². The van der Waals surface area contributed by atoms with Crippen LogP contribution in [-0.2, 0) is 16.0 Å². The Morgan fingerprint density at radius 1 is 1.21 bits per heavy atom. The van der Waals surface area contributed by atoms with Gasteiger partial charge in [-0.3, -0.25) is 0 Å². The Morgan fingerprint density at radius 3 is 2.71 bits per heavy atom. The number of hydrogen-bond acceptors (Lipinski definition) is 5. The lowest BCUT2D eigenvalue weighted by atomic mass is 9.76. The molecule has 28 heavy (non-hydrogen) atoms. The van der Waals surface area contributed by atoms with Crippen LogP contribution in [0, 0.1) is 19.8 Å². The van der Waals surface area contributed by atoms with Crippen molar-refractivity contribution in [2.75, 3.05) is 7.11 Å². The summed E-state index contributed by atoms with van der Waals surface area (Å²) < 4.78 is 16.6. The second-order valence-electron chi connectivity index (χ2n) is 7.29. The van der Waals surface area contributed by atoms with Crippen molar-refractivity contribution >= 4 is 11.9 Å². The van der Waals surface area contributed by atoms with E-state index in [2.05, 4.69) is 6.58 Å². The van der Waals surface area contributed by atoms with Gasteiger partial charge in [-0.05, 0) is 61.6 Å². The van der Waals surface area contributed by atoms with Gasteiger partial charge in [0, 0.05) is 17.1 Å². The highest BCUT2D eigenvalue weighted by Gasteiger charge is 2.44. The zero-order valence-electron chi connectivity index (χ0n) is 16.2. The first kappa shape index (κ1) is 18.3. The molecule has 1 aliphatic heterocycles. The molecule has 0 bridgehead atoms. The first-order valence-corrected chi connectivity index (χ1v) is 9.30. The predicted octanol–water partition coefficient (Wildman–Crippen LogP) is 4.25. The Hall–Kier alpha value is -3.08. The molecule has 4 rings (SSSR count). The molecule has 1 fully saturated rings. The van der Waals surface area contributed by atoms with Gasteiger partial charge >= 0.3 is 11.9 Å². The molecule has 0 unspecified atom stereocenters. The van der Waals surface area contributed by atoms with Crippen molar-refractivity contribution in [3.8, 4) is 11.5 Å². The fourth-order valence-electron chi connectivity index (χ4n) is 4.25. The van der Waals surface area contributed by atoms with E-state index < -0.39 is 5.97 Å². The number of aryl methyl sites for hydroxylation is 1. The van der Waals surface area contributed by atoms with Crippen LogP contribution in [-0.4, -0.2) is 19.0 Å². The second kappa shape index (κ2) is 6.82. The average Bonchev–Trinajstić information content (AvgIpc) is 2.99. The third kappa shape index (κ3) is 2.78. The molecular weight excluding hydrogens is 356 g/mol. The molecular formula is C23H22O5. The minimum Gasteiger partial charge on any atom is -0.496 e. The summed E-state index contributed by atoms with van der Waals surface area (Å²) in [7, 11) is 1.52. The normalized spacial score (nSPS) is 20.2. The Kier molecular flexibility index (Phi) is 4.46. The van der Waals surface area contributed by atoms with Gasteiger partial charge in [0.05, 0.1) is 7.11 Å². The Labute approximate surface area is 163 Å². The number of methoxy groups -OCH3 is 1. The van der Waals surface area contributed by atoms with Crippen molar-refractivity contribution in [3.63, 3.8) is 0 Å². The van der Waals surface area contributed by atoms with Gasteiger partial charge < -0.3 is 14.2 Å². The Morgan fingerprint density at radius 2 is 1.96 bits per heavy atom. The SMILES string of the molecule is C=C1C(=O)O[C@H]2c3c(C)c(OC(=O)c4ccccc4OC)cc(C)c3CC[C@@H]12. The van der Waals surface area contributed by atoms with Crippen molar-refractivity contribution in [1.29, 1.82) is 0 Å². The van der Waals surface area contributed by atoms with Gasteiger partial charge in [-0.15, -0.1) is 0 Å². The van der Waals surface area contributed by atoms with E-state index in [1.165, 1.54) is 12.7 Å². The van der Waals surface area contributed by atoms with E-state index in [-0.39, 0.29) is 18.0 Å². The Bertz CT molecular complexity index is 1000. The predicted molar refractivity (Wildman–Crippen MR) is 104 cm³/mol. The number of para-hydroxylation sites is 1. The van der Waals surface area contributed by atoms with E-state index in [0.717, 1.165) is 29.5 Å². The van der Waals surface area contributed by atoms with E-state index in [0.29, 0.717) is 22.6 Å². The minimum absolute atomic E-state index is 0.0155. The molecule has 0 N–H and O–H groups in total. The maximum atomic E-state index is 12.8. The van der Waals surface area contributed by atoms with E-state index >= 15 is 0 Å². The molecule has 0 radical (unpaired) electrons. The standard InChI is InChI=1S/C23H22O5/c1-12-11-19(27-23(25)17-7-5-6-8-18(17)26-4)14(3)20-15(12)9-10-16-13(2)22(24)28-21(16)20/h5-8,11,16,21H,2,9-10H2,1,3-4H3/t16-,21+/m0/s1. The highest BCUT2D eigenvalue weighted by atomic mass is 16.6. The average molecular weight is 378 g/mol. The number of carbonyl (C=O) groups is 2. The number of hydrogen-bond donors (Lipinski definition) is 0. The van der Waals surface area contributed by atoms with E-state index in [9.17, 15) is 9.59 Å². The molecule has 1 aliphatic carbocycles. The Balaban J connectivity index is 1.73. The number of benzene rings is 2. The highest BCUT2D eigenvalue weighted by Crippen LogP contribution is 2.49. The molecule has 1 heterocycles. The zero-order valence-corrected chi connectivity index (χ0v) is 16.2. The molecule has 0 aromatic heterocycles. The monoisotopic (exact) mass is 378 g/mol. The lowest BCUT2D eigenvalue weighted by molar-refractivity contribution is -0.139. The number of carbonyl (C=O) groups excluding carboxylic acids is 2. The van der Waals surface area contributed by atoms with Gasteiger partial charge in [-0.1, -0.05) is 18.7 Å². The lowest BCUT2D eigenvalue weighted by Gasteiger charge is -2.30. The molecule has 144 valence electrons. The van der Waals surface area contributed by atoms with Gasteiger partial charge in [-0.25, -0.2) is 9.59 Å². The van der Waals surface area contributed by atoms with Crippen LogP contribution in [0.1, 0.15) is 45.1 Å². The largest absolute Gasteiger partial charge is 0.496 e. The van der Waals surface area contributed by atoms with Crippen LogP contribution < -0.4 is 9.47 Å². The molecule has 2 aliphatic rings. The number of ether oxygens (including phenoxy) is 3. The summed E-state index contributed by atoms with van der Waals surface area (Å²) >= 11 is 0. The molecule has 1 saturated heterocycles. The summed E-state index contributed by atoms with van der Waals surface area (Å²) in [6, 6.07) is 8.83. The summed E-state index contributed by atoms with van der Waals surface area (Å²) in [5, 5.41) is 0. The maximum absolute atomic E-state index is 12.8. The van der Waals surface area contributed by atoms with Crippen molar-refractivity contribution in [2.24, 2.45) is 5.92 Å². The summed E-state index contributed by atoms with van der Waals surface area (Å²) in [5.41, 5.74) is 4.85. The fraction of sp³-hybridized carbons (Fsp3) is 0.304. The fourth-order valence-corrected chi connectivity index (χ4v) is 4.25. The van der Waals surface area contributed by atoms with Crippen molar-refractivity contribution in [2.45, 2.75) is 32.8 Å².